The normalized spacial score (nSPS) is 23.1. The van der Waals surface area contributed by atoms with Gasteiger partial charge in [0.05, 0.1) is 0 Å². The summed E-state index contributed by atoms with van der Waals surface area (Å²) in [5.41, 5.74) is 1.58. The maximum atomic E-state index is 12.4. The highest BCUT2D eigenvalue weighted by atomic mass is 35.5. The molecule has 0 spiro atoms. The molecule has 3 rings (SSSR count). The van der Waals surface area contributed by atoms with Gasteiger partial charge in [0.1, 0.15) is 5.65 Å². The number of rotatable bonds is 1. The summed E-state index contributed by atoms with van der Waals surface area (Å²) >= 11 is 5.90. The molecular formula is C14H16ClN3O. The third kappa shape index (κ3) is 2.04. The highest BCUT2D eigenvalue weighted by molar-refractivity contribution is 6.28. The number of nitrogens with zero attached hydrogens (tertiary/aromatic N) is 3. The lowest BCUT2D eigenvalue weighted by atomic mass is 10.1. The van der Waals surface area contributed by atoms with Crippen LogP contribution >= 0.6 is 11.6 Å². The van der Waals surface area contributed by atoms with Crippen molar-refractivity contribution < 1.29 is 0 Å². The lowest BCUT2D eigenvalue weighted by molar-refractivity contribution is 0.406. The van der Waals surface area contributed by atoms with E-state index in [0.717, 1.165) is 30.2 Å². The standard InChI is InChI=1S/C14H16ClN3O/c1-8-4-3-5-11(8)18-12(19)6-9(2)10-7-16-14(15)17-13(10)18/h6-8,11H,3-5H2,1-2H3. The molecule has 1 saturated carbocycles. The van der Waals surface area contributed by atoms with Gasteiger partial charge in [-0.05, 0) is 42.8 Å². The Labute approximate surface area is 116 Å². The Morgan fingerprint density at radius 3 is 2.89 bits per heavy atom. The summed E-state index contributed by atoms with van der Waals surface area (Å²) in [4.78, 5) is 20.7. The number of aromatic nitrogens is 3. The van der Waals surface area contributed by atoms with Crippen LogP contribution in [0.5, 0.6) is 0 Å². The molecule has 1 fully saturated rings. The molecule has 0 amide bonds. The van der Waals surface area contributed by atoms with Crippen molar-refractivity contribution in [3.05, 3.63) is 33.5 Å². The lowest BCUT2D eigenvalue weighted by Crippen LogP contribution is -2.27. The van der Waals surface area contributed by atoms with Crippen molar-refractivity contribution in [3.63, 3.8) is 0 Å². The Morgan fingerprint density at radius 1 is 1.42 bits per heavy atom. The third-order valence-electron chi connectivity index (χ3n) is 4.12. The third-order valence-corrected chi connectivity index (χ3v) is 4.30. The molecule has 19 heavy (non-hydrogen) atoms. The zero-order chi connectivity index (χ0) is 13.6. The van der Waals surface area contributed by atoms with Gasteiger partial charge in [0.2, 0.25) is 5.28 Å². The fourth-order valence-electron chi connectivity index (χ4n) is 3.08. The van der Waals surface area contributed by atoms with E-state index in [1.807, 2.05) is 11.5 Å². The maximum Gasteiger partial charge on any atom is 0.252 e. The zero-order valence-electron chi connectivity index (χ0n) is 11.1. The molecule has 0 radical (unpaired) electrons. The van der Waals surface area contributed by atoms with E-state index in [1.54, 1.807) is 12.3 Å². The maximum absolute atomic E-state index is 12.4. The molecular weight excluding hydrogens is 262 g/mol. The molecule has 5 heteroatoms. The van der Waals surface area contributed by atoms with E-state index in [2.05, 4.69) is 16.9 Å². The molecule has 2 aromatic heterocycles. The monoisotopic (exact) mass is 277 g/mol. The predicted octanol–water partition coefficient (Wildman–Crippen LogP) is 3.11. The van der Waals surface area contributed by atoms with Crippen LogP contribution in [0.3, 0.4) is 0 Å². The summed E-state index contributed by atoms with van der Waals surface area (Å²) in [6, 6.07) is 1.89. The molecule has 1 aliphatic carbocycles. The Kier molecular flexibility index (Phi) is 3.05. The Morgan fingerprint density at radius 2 is 2.21 bits per heavy atom. The van der Waals surface area contributed by atoms with Crippen LogP contribution in [0, 0.1) is 12.8 Å². The average Bonchev–Trinajstić information content (AvgIpc) is 2.75. The van der Waals surface area contributed by atoms with Crippen LogP contribution in [0.4, 0.5) is 0 Å². The van der Waals surface area contributed by atoms with Crippen molar-refractivity contribution in [3.8, 4) is 0 Å². The first kappa shape index (κ1) is 12.6. The first-order valence-corrected chi connectivity index (χ1v) is 7.00. The Bertz CT molecular complexity index is 695. The van der Waals surface area contributed by atoms with Gasteiger partial charge in [-0.25, -0.2) is 4.98 Å². The van der Waals surface area contributed by atoms with Gasteiger partial charge in [0.25, 0.3) is 5.56 Å². The smallest absolute Gasteiger partial charge is 0.252 e. The van der Waals surface area contributed by atoms with Crippen LogP contribution in [0.1, 0.15) is 37.8 Å². The van der Waals surface area contributed by atoms with Crippen molar-refractivity contribution >= 4 is 22.6 Å². The van der Waals surface area contributed by atoms with Crippen molar-refractivity contribution in [1.29, 1.82) is 0 Å². The second kappa shape index (κ2) is 4.60. The summed E-state index contributed by atoms with van der Waals surface area (Å²) < 4.78 is 1.81. The first-order valence-electron chi connectivity index (χ1n) is 6.62. The van der Waals surface area contributed by atoms with Gasteiger partial charge in [0, 0.05) is 23.7 Å². The van der Waals surface area contributed by atoms with Gasteiger partial charge in [-0.3, -0.25) is 9.36 Å². The van der Waals surface area contributed by atoms with E-state index in [4.69, 9.17) is 11.6 Å². The second-order valence-electron chi connectivity index (χ2n) is 5.39. The van der Waals surface area contributed by atoms with E-state index in [0.29, 0.717) is 11.6 Å². The summed E-state index contributed by atoms with van der Waals surface area (Å²) in [5.74, 6) is 0.498. The van der Waals surface area contributed by atoms with Gasteiger partial charge in [0.15, 0.2) is 0 Å². The molecule has 2 heterocycles. The second-order valence-corrected chi connectivity index (χ2v) is 5.73. The van der Waals surface area contributed by atoms with Crippen LogP contribution in [-0.4, -0.2) is 14.5 Å². The van der Waals surface area contributed by atoms with Crippen LogP contribution in [-0.2, 0) is 0 Å². The van der Waals surface area contributed by atoms with Crippen molar-refractivity contribution in [2.24, 2.45) is 5.92 Å². The minimum absolute atomic E-state index is 0.0125. The van der Waals surface area contributed by atoms with Gasteiger partial charge >= 0.3 is 0 Å². The van der Waals surface area contributed by atoms with E-state index in [-0.39, 0.29) is 16.9 Å². The first-order chi connectivity index (χ1) is 9.08. The Hall–Kier alpha value is -1.42. The van der Waals surface area contributed by atoms with Crippen LogP contribution < -0.4 is 5.56 Å². The quantitative estimate of drug-likeness (QED) is 0.753. The number of hydrogen-bond acceptors (Lipinski definition) is 3. The molecule has 1 aliphatic rings. The molecule has 2 atom stereocenters. The molecule has 4 nitrogen and oxygen atoms in total. The van der Waals surface area contributed by atoms with Crippen molar-refractivity contribution in [2.45, 2.75) is 39.2 Å². The summed E-state index contributed by atoms with van der Waals surface area (Å²) in [6.45, 7) is 4.10. The molecule has 0 N–H and O–H groups in total. The van der Waals surface area contributed by atoms with Gasteiger partial charge in [-0.2, -0.15) is 4.98 Å². The van der Waals surface area contributed by atoms with Crippen LogP contribution in [0.2, 0.25) is 5.28 Å². The van der Waals surface area contributed by atoms with Crippen LogP contribution in [0.15, 0.2) is 17.1 Å². The lowest BCUT2D eigenvalue weighted by Gasteiger charge is -2.20. The largest absolute Gasteiger partial charge is 0.289 e. The fourth-order valence-corrected chi connectivity index (χ4v) is 3.21. The molecule has 0 aromatic carbocycles. The molecule has 0 saturated heterocycles. The van der Waals surface area contributed by atoms with E-state index < -0.39 is 0 Å². The van der Waals surface area contributed by atoms with Crippen molar-refractivity contribution in [2.75, 3.05) is 0 Å². The average molecular weight is 278 g/mol. The summed E-state index contributed by atoms with van der Waals surface area (Å²) in [7, 11) is 0. The van der Waals surface area contributed by atoms with Gasteiger partial charge in [-0.1, -0.05) is 13.3 Å². The Balaban J connectivity index is 2.33. The van der Waals surface area contributed by atoms with E-state index >= 15 is 0 Å². The minimum Gasteiger partial charge on any atom is -0.289 e. The number of pyridine rings is 1. The summed E-state index contributed by atoms with van der Waals surface area (Å²) in [6.07, 6.45) is 5.05. The van der Waals surface area contributed by atoms with E-state index in [9.17, 15) is 4.79 Å². The number of halogens is 1. The van der Waals surface area contributed by atoms with Crippen molar-refractivity contribution in [1.82, 2.24) is 14.5 Å². The minimum atomic E-state index is 0.0125. The molecule has 2 unspecified atom stereocenters. The van der Waals surface area contributed by atoms with Gasteiger partial charge < -0.3 is 0 Å². The highest BCUT2D eigenvalue weighted by Gasteiger charge is 2.27. The molecule has 2 aromatic rings. The van der Waals surface area contributed by atoms with E-state index in [1.165, 1.54) is 0 Å². The number of fused-ring (bicyclic) bond motifs is 1. The molecule has 0 aliphatic heterocycles. The zero-order valence-corrected chi connectivity index (χ0v) is 11.8. The number of aryl methyl sites for hydroxylation is 1. The summed E-state index contributed by atoms with van der Waals surface area (Å²) in [5, 5.41) is 1.10. The topological polar surface area (TPSA) is 47.8 Å². The molecule has 0 bridgehead atoms. The fraction of sp³-hybridized carbons (Fsp3) is 0.500. The highest BCUT2D eigenvalue weighted by Crippen LogP contribution is 2.35. The molecule has 100 valence electrons. The number of hydrogen-bond donors (Lipinski definition) is 0. The van der Waals surface area contributed by atoms with Crippen LogP contribution in [0.25, 0.3) is 11.0 Å². The predicted molar refractivity (Wildman–Crippen MR) is 75.6 cm³/mol. The SMILES string of the molecule is Cc1cc(=O)n(C2CCCC2C)c2nc(Cl)ncc12. The van der Waals surface area contributed by atoms with Gasteiger partial charge in [-0.15, -0.1) is 0 Å².